The second-order valence-corrected chi connectivity index (χ2v) is 1.26. The minimum Gasteiger partial charge on any atom is -0.478 e. The zero-order valence-electron chi connectivity index (χ0n) is 4.98. The summed E-state index contributed by atoms with van der Waals surface area (Å²) in [4.78, 5) is 9.83. The van der Waals surface area contributed by atoms with Gasteiger partial charge in [-0.1, -0.05) is 13.5 Å². The van der Waals surface area contributed by atoms with E-state index >= 15 is 0 Å². The summed E-state index contributed by atoms with van der Waals surface area (Å²) in [6.45, 7) is 5.03. The molecule has 0 aromatic rings. The van der Waals surface area contributed by atoms with Crippen molar-refractivity contribution in [3.8, 4) is 0 Å². The van der Waals surface area contributed by atoms with Gasteiger partial charge < -0.3 is 5.11 Å². The maximum Gasteiger partial charge on any atom is 0.330 e. The summed E-state index contributed by atoms with van der Waals surface area (Å²) < 4.78 is 0. The standard InChI is InChI=1S/C5H8O2.Zn/c1-3-4(2)5(6)7;/h2-3H2,1H3,(H,6,7);. The molecule has 0 aromatic heterocycles. The summed E-state index contributed by atoms with van der Waals surface area (Å²) in [5.41, 5.74) is 0.264. The Balaban J connectivity index is 0. The molecule has 2 nitrogen and oxygen atoms in total. The number of rotatable bonds is 2. The number of carboxylic acids is 1. The van der Waals surface area contributed by atoms with Crippen LogP contribution < -0.4 is 0 Å². The van der Waals surface area contributed by atoms with Crippen LogP contribution in [0.1, 0.15) is 13.3 Å². The Kier molecular flexibility index (Phi) is 6.69. The van der Waals surface area contributed by atoms with Crippen LogP contribution in [0.15, 0.2) is 12.2 Å². The molecule has 1 N–H and O–H groups in total. The van der Waals surface area contributed by atoms with Gasteiger partial charge in [-0.2, -0.15) is 0 Å². The SMILES string of the molecule is C=C(CC)C(=O)O.[Zn]. The monoisotopic (exact) mass is 164 g/mol. The Hall–Kier alpha value is -0.167. The first-order chi connectivity index (χ1) is 3.18. The van der Waals surface area contributed by atoms with E-state index in [4.69, 9.17) is 5.11 Å². The van der Waals surface area contributed by atoms with Crippen LogP contribution in [0.4, 0.5) is 0 Å². The number of hydrogen-bond donors (Lipinski definition) is 1. The fourth-order valence-electron chi connectivity index (χ4n) is 0.151. The van der Waals surface area contributed by atoms with Gasteiger partial charge in [0, 0.05) is 25.1 Å². The van der Waals surface area contributed by atoms with E-state index in [1.807, 2.05) is 0 Å². The van der Waals surface area contributed by atoms with Crippen molar-refractivity contribution in [1.29, 1.82) is 0 Å². The Bertz CT molecular complexity index is 98.6. The first-order valence-electron chi connectivity index (χ1n) is 2.09. The van der Waals surface area contributed by atoms with Crippen LogP contribution in [0.3, 0.4) is 0 Å². The summed E-state index contributed by atoms with van der Waals surface area (Å²) >= 11 is 0. The van der Waals surface area contributed by atoms with E-state index in [0.29, 0.717) is 6.42 Å². The number of carbonyl (C=O) groups is 1. The van der Waals surface area contributed by atoms with E-state index < -0.39 is 5.97 Å². The van der Waals surface area contributed by atoms with Crippen LogP contribution in [0, 0.1) is 0 Å². The van der Waals surface area contributed by atoms with Gasteiger partial charge in [-0.25, -0.2) is 4.79 Å². The third-order valence-electron chi connectivity index (χ3n) is 0.729. The van der Waals surface area contributed by atoms with Gasteiger partial charge in [0.2, 0.25) is 0 Å². The third-order valence-corrected chi connectivity index (χ3v) is 0.729. The number of carboxylic acid groups (broad SMARTS) is 1. The molecule has 0 bridgehead atoms. The van der Waals surface area contributed by atoms with Crippen molar-refractivity contribution in [2.75, 3.05) is 0 Å². The zero-order valence-corrected chi connectivity index (χ0v) is 7.94. The topological polar surface area (TPSA) is 37.3 Å². The van der Waals surface area contributed by atoms with Gasteiger partial charge >= 0.3 is 5.97 Å². The molecule has 0 saturated carbocycles. The fraction of sp³-hybridized carbons (Fsp3) is 0.400. The largest absolute Gasteiger partial charge is 0.478 e. The van der Waals surface area contributed by atoms with E-state index in [-0.39, 0.29) is 25.1 Å². The van der Waals surface area contributed by atoms with Crippen molar-refractivity contribution in [1.82, 2.24) is 0 Å². The Morgan fingerprint density at radius 3 is 2.12 bits per heavy atom. The predicted molar refractivity (Wildman–Crippen MR) is 27.1 cm³/mol. The van der Waals surface area contributed by atoms with E-state index in [1.54, 1.807) is 6.92 Å². The molecule has 0 fully saturated rings. The van der Waals surface area contributed by atoms with Crippen molar-refractivity contribution >= 4 is 5.97 Å². The van der Waals surface area contributed by atoms with Gasteiger partial charge in [0.05, 0.1) is 0 Å². The third kappa shape index (κ3) is 4.00. The molecule has 0 aliphatic heterocycles. The molecule has 0 heterocycles. The van der Waals surface area contributed by atoms with E-state index in [2.05, 4.69) is 6.58 Å². The first kappa shape index (κ1) is 10.7. The molecular formula is C5H8O2Zn. The molecule has 0 radical (unpaired) electrons. The summed E-state index contributed by atoms with van der Waals surface area (Å²) in [6, 6.07) is 0. The minimum atomic E-state index is -0.900. The molecular weight excluding hydrogens is 157 g/mol. The second-order valence-electron chi connectivity index (χ2n) is 1.26. The number of hydrogen-bond acceptors (Lipinski definition) is 1. The normalized spacial score (nSPS) is 7.12. The van der Waals surface area contributed by atoms with Crippen LogP contribution in [-0.2, 0) is 24.3 Å². The molecule has 0 rings (SSSR count). The first-order valence-corrected chi connectivity index (χ1v) is 2.09. The molecule has 0 unspecified atom stereocenters. The smallest absolute Gasteiger partial charge is 0.330 e. The molecule has 42 valence electrons. The molecule has 0 aliphatic carbocycles. The fourth-order valence-corrected chi connectivity index (χ4v) is 0.151. The van der Waals surface area contributed by atoms with E-state index in [1.165, 1.54) is 0 Å². The quantitative estimate of drug-likeness (QED) is 0.490. The predicted octanol–water partition coefficient (Wildman–Crippen LogP) is 1.03. The Morgan fingerprint density at radius 2 is 2.12 bits per heavy atom. The summed E-state index contributed by atoms with van der Waals surface area (Å²) in [5, 5.41) is 8.08. The Morgan fingerprint density at radius 1 is 1.75 bits per heavy atom. The van der Waals surface area contributed by atoms with Crippen molar-refractivity contribution in [2.24, 2.45) is 0 Å². The van der Waals surface area contributed by atoms with Gasteiger partial charge in [0.25, 0.3) is 0 Å². The molecule has 0 aliphatic rings. The van der Waals surface area contributed by atoms with Crippen molar-refractivity contribution in [3.63, 3.8) is 0 Å². The molecule has 8 heavy (non-hydrogen) atoms. The van der Waals surface area contributed by atoms with Gasteiger partial charge in [0.1, 0.15) is 0 Å². The average molecular weight is 166 g/mol. The van der Waals surface area contributed by atoms with Gasteiger partial charge in [-0.3, -0.25) is 0 Å². The van der Waals surface area contributed by atoms with E-state index in [0.717, 1.165) is 0 Å². The zero-order chi connectivity index (χ0) is 5.86. The summed E-state index contributed by atoms with van der Waals surface area (Å²) in [5.74, 6) is -0.900. The van der Waals surface area contributed by atoms with Gasteiger partial charge in [-0.15, -0.1) is 0 Å². The van der Waals surface area contributed by atoms with Crippen LogP contribution in [-0.4, -0.2) is 11.1 Å². The Labute approximate surface area is 61.3 Å². The maximum atomic E-state index is 9.83. The van der Waals surface area contributed by atoms with Crippen LogP contribution in [0.5, 0.6) is 0 Å². The van der Waals surface area contributed by atoms with Crippen LogP contribution >= 0.6 is 0 Å². The van der Waals surface area contributed by atoms with Crippen molar-refractivity contribution in [3.05, 3.63) is 12.2 Å². The molecule has 3 heteroatoms. The van der Waals surface area contributed by atoms with Gasteiger partial charge in [0.15, 0.2) is 0 Å². The van der Waals surface area contributed by atoms with E-state index in [9.17, 15) is 4.79 Å². The minimum absolute atomic E-state index is 0. The molecule has 0 spiro atoms. The molecule has 0 atom stereocenters. The van der Waals surface area contributed by atoms with Crippen LogP contribution in [0.2, 0.25) is 0 Å². The summed E-state index contributed by atoms with van der Waals surface area (Å²) in [6.07, 6.45) is 0.523. The molecule has 0 saturated heterocycles. The molecule has 0 amide bonds. The average Bonchev–Trinajstić information content (AvgIpc) is 1.65. The van der Waals surface area contributed by atoms with Crippen LogP contribution in [0.25, 0.3) is 0 Å². The summed E-state index contributed by atoms with van der Waals surface area (Å²) in [7, 11) is 0. The van der Waals surface area contributed by atoms with Crippen molar-refractivity contribution < 1.29 is 29.4 Å². The maximum absolute atomic E-state index is 9.83. The van der Waals surface area contributed by atoms with Crippen molar-refractivity contribution in [2.45, 2.75) is 13.3 Å². The molecule has 0 aromatic carbocycles. The second kappa shape index (κ2) is 4.98. The number of aliphatic carboxylic acids is 1. The van der Waals surface area contributed by atoms with Gasteiger partial charge in [-0.05, 0) is 6.42 Å².